The molecule has 0 saturated heterocycles. The fraction of sp³-hybridized carbons (Fsp3) is 0.591. The molecule has 4 fully saturated rings. The highest BCUT2D eigenvalue weighted by Crippen LogP contribution is 2.60. The lowest BCUT2D eigenvalue weighted by Crippen LogP contribution is -2.52. The summed E-state index contributed by atoms with van der Waals surface area (Å²) in [5.74, 6) is 1.95. The van der Waals surface area contributed by atoms with Crippen molar-refractivity contribution < 1.29 is 18.7 Å². The Labute approximate surface area is 168 Å². The van der Waals surface area contributed by atoms with Crippen molar-refractivity contribution in [1.29, 1.82) is 0 Å². The highest BCUT2D eigenvalue weighted by molar-refractivity contribution is 7.99. The minimum atomic E-state index is -0.673. The monoisotopic (exact) mass is 399 g/mol. The van der Waals surface area contributed by atoms with Crippen molar-refractivity contribution in [3.8, 4) is 0 Å². The summed E-state index contributed by atoms with van der Waals surface area (Å²) < 4.78 is 11.1. The number of aromatic nitrogens is 1. The summed E-state index contributed by atoms with van der Waals surface area (Å²) in [7, 11) is 0. The molecule has 1 unspecified atom stereocenters. The van der Waals surface area contributed by atoms with Crippen LogP contribution in [-0.2, 0) is 14.3 Å². The van der Waals surface area contributed by atoms with Gasteiger partial charge in [0.1, 0.15) is 11.3 Å². The van der Waals surface area contributed by atoms with E-state index < -0.39 is 12.1 Å². The first-order valence-corrected chi connectivity index (χ1v) is 11.2. The normalized spacial score (nSPS) is 31.8. The Hall–Kier alpha value is -1.82. The van der Waals surface area contributed by atoms with Gasteiger partial charge in [0.25, 0.3) is 5.22 Å². The Kier molecular flexibility index (Phi) is 4.49. The molecule has 0 spiro atoms. The number of rotatable bonds is 6. The van der Waals surface area contributed by atoms with Gasteiger partial charge in [-0.1, -0.05) is 23.9 Å². The number of Topliss-reactive ketones (excluding diaryl/α,β-unsaturated/α-hetero) is 1. The molecule has 0 N–H and O–H groups in total. The molecule has 1 heterocycles. The van der Waals surface area contributed by atoms with Gasteiger partial charge in [0, 0.05) is 5.41 Å². The lowest BCUT2D eigenvalue weighted by molar-refractivity contribution is -0.163. The van der Waals surface area contributed by atoms with Crippen molar-refractivity contribution >= 4 is 34.6 Å². The van der Waals surface area contributed by atoms with Gasteiger partial charge >= 0.3 is 5.97 Å². The quantitative estimate of drug-likeness (QED) is 0.521. The molecule has 2 aromatic rings. The molecule has 6 rings (SSSR count). The molecule has 1 atom stereocenters. The number of hydrogen-bond donors (Lipinski definition) is 0. The Morgan fingerprint density at radius 2 is 1.82 bits per heavy atom. The van der Waals surface area contributed by atoms with E-state index in [1.807, 2.05) is 24.3 Å². The first kappa shape index (κ1) is 18.2. The average molecular weight is 400 g/mol. The number of benzene rings is 1. The number of thioether (sulfide) groups is 1. The zero-order valence-corrected chi connectivity index (χ0v) is 16.9. The van der Waals surface area contributed by atoms with Crippen LogP contribution in [0, 0.1) is 23.2 Å². The summed E-state index contributed by atoms with van der Waals surface area (Å²) in [4.78, 5) is 29.9. The van der Waals surface area contributed by atoms with E-state index in [2.05, 4.69) is 4.98 Å². The van der Waals surface area contributed by atoms with Gasteiger partial charge in [-0.25, -0.2) is 4.98 Å². The molecule has 28 heavy (non-hydrogen) atoms. The van der Waals surface area contributed by atoms with Gasteiger partial charge in [-0.3, -0.25) is 9.59 Å². The molecule has 1 aromatic carbocycles. The summed E-state index contributed by atoms with van der Waals surface area (Å²) in [6, 6.07) is 7.49. The van der Waals surface area contributed by atoms with E-state index in [0.29, 0.717) is 28.6 Å². The van der Waals surface area contributed by atoms with Crippen LogP contribution in [0.1, 0.15) is 45.4 Å². The standard InChI is InChI=1S/C22H25NO4S/c1-13(20(25)22-9-14-6-15(10-22)8-16(7-14)11-22)26-19(24)12-28-21-23-17-4-2-3-5-18(17)27-21/h2-5,13-16H,6-12H2,1H3. The Balaban J connectivity index is 1.18. The molecule has 4 bridgehead atoms. The van der Waals surface area contributed by atoms with Gasteiger partial charge in [-0.05, 0) is 75.3 Å². The molecular weight excluding hydrogens is 374 g/mol. The van der Waals surface area contributed by atoms with Crippen molar-refractivity contribution in [1.82, 2.24) is 4.98 Å². The summed E-state index contributed by atoms with van der Waals surface area (Å²) in [5.41, 5.74) is 1.23. The SMILES string of the molecule is CC(OC(=O)CSc1nc2ccccc2o1)C(=O)C12CC3CC(CC(C3)C1)C2. The summed E-state index contributed by atoms with van der Waals surface area (Å²) in [6.45, 7) is 1.74. The van der Waals surface area contributed by atoms with E-state index in [-0.39, 0.29) is 17.0 Å². The van der Waals surface area contributed by atoms with Gasteiger partial charge in [0.2, 0.25) is 0 Å². The van der Waals surface area contributed by atoms with Gasteiger partial charge in [0.15, 0.2) is 17.5 Å². The van der Waals surface area contributed by atoms with E-state index in [0.717, 1.165) is 24.8 Å². The summed E-state index contributed by atoms with van der Waals surface area (Å²) in [5, 5.41) is 0.443. The van der Waals surface area contributed by atoms with Gasteiger partial charge in [-0.2, -0.15) is 0 Å². The second kappa shape index (κ2) is 6.90. The van der Waals surface area contributed by atoms with Crippen LogP contribution in [0.25, 0.3) is 11.1 Å². The van der Waals surface area contributed by atoms with Crippen molar-refractivity contribution in [3.63, 3.8) is 0 Å². The van der Waals surface area contributed by atoms with Crippen LogP contribution in [0.4, 0.5) is 0 Å². The fourth-order valence-electron chi connectivity index (χ4n) is 6.16. The Morgan fingerprint density at radius 1 is 1.18 bits per heavy atom. The van der Waals surface area contributed by atoms with E-state index in [1.54, 1.807) is 6.92 Å². The molecule has 148 valence electrons. The molecule has 0 radical (unpaired) electrons. The molecular formula is C22H25NO4S. The van der Waals surface area contributed by atoms with Crippen LogP contribution in [0.2, 0.25) is 0 Å². The fourth-order valence-corrected chi connectivity index (χ4v) is 6.78. The lowest BCUT2D eigenvalue weighted by Gasteiger charge is -2.56. The predicted octanol–water partition coefficient (Wildman–Crippen LogP) is 4.64. The van der Waals surface area contributed by atoms with E-state index in [4.69, 9.17) is 9.15 Å². The third kappa shape index (κ3) is 3.25. The first-order valence-electron chi connectivity index (χ1n) is 10.2. The van der Waals surface area contributed by atoms with E-state index in [1.165, 1.54) is 31.0 Å². The number of carbonyl (C=O) groups excluding carboxylic acids is 2. The molecule has 4 aliphatic rings. The number of nitrogens with zero attached hydrogens (tertiary/aromatic N) is 1. The van der Waals surface area contributed by atoms with Crippen LogP contribution in [0.3, 0.4) is 0 Å². The average Bonchev–Trinajstić information content (AvgIpc) is 3.07. The predicted molar refractivity (Wildman–Crippen MR) is 106 cm³/mol. The molecule has 0 aliphatic heterocycles. The number of para-hydroxylation sites is 2. The summed E-state index contributed by atoms with van der Waals surface area (Å²) in [6.07, 6.45) is 6.20. The van der Waals surface area contributed by atoms with Gasteiger partial charge in [-0.15, -0.1) is 0 Å². The van der Waals surface area contributed by atoms with Crippen LogP contribution in [-0.4, -0.2) is 28.6 Å². The van der Waals surface area contributed by atoms with Crippen molar-refractivity contribution in [2.45, 2.75) is 56.8 Å². The van der Waals surface area contributed by atoms with Gasteiger partial charge < -0.3 is 9.15 Å². The Bertz CT molecular complexity index is 852. The van der Waals surface area contributed by atoms with E-state index >= 15 is 0 Å². The number of ketones is 1. The molecule has 0 amide bonds. The second-order valence-corrected chi connectivity index (χ2v) is 9.86. The number of hydrogen-bond acceptors (Lipinski definition) is 6. The maximum atomic E-state index is 13.2. The highest BCUT2D eigenvalue weighted by atomic mass is 32.2. The van der Waals surface area contributed by atoms with E-state index in [9.17, 15) is 9.59 Å². The topological polar surface area (TPSA) is 69.4 Å². The number of esters is 1. The smallest absolute Gasteiger partial charge is 0.317 e. The molecule has 5 nitrogen and oxygen atoms in total. The van der Waals surface area contributed by atoms with Crippen LogP contribution in [0.5, 0.6) is 0 Å². The van der Waals surface area contributed by atoms with Crippen molar-refractivity contribution in [3.05, 3.63) is 24.3 Å². The van der Waals surface area contributed by atoms with Crippen LogP contribution < -0.4 is 0 Å². The molecule has 6 heteroatoms. The molecule has 1 aromatic heterocycles. The van der Waals surface area contributed by atoms with Gasteiger partial charge in [0.05, 0.1) is 0 Å². The van der Waals surface area contributed by atoms with Crippen molar-refractivity contribution in [2.75, 3.05) is 5.75 Å². The largest absolute Gasteiger partial charge is 0.454 e. The number of fused-ring (bicyclic) bond motifs is 1. The number of oxazole rings is 1. The minimum Gasteiger partial charge on any atom is -0.454 e. The van der Waals surface area contributed by atoms with Crippen molar-refractivity contribution in [2.24, 2.45) is 23.2 Å². The first-order chi connectivity index (χ1) is 13.5. The zero-order chi connectivity index (χ0) is 19.3. The maximum Gasteiger partial charge on any atom is 0.317 e. The number of carbonyl (C=O) groups is 2. The summed E-state index contributed by atoms with van der Waals surface area (Å²) >= 11 is 1.20. The molecule has 4 aliphatic carbocycles. The maximum absolute atomic E-state index is 13.2. The highest BCUT2D eigenvalue weighted by Gasteiger charge is 2.55. The van der Waals surface area contributed by atoms with Crippen LogP contribution >= 0.6 is 11.8 Å². The third-order valence-corrected chi connectivity index (χ3v) is 7.63. The second-order valence-electron chi connectivity index (χ2n) is 8.93. The minimum absolute atomic E-state index is 0.0886. The lowest BCUT2D eigenvalue weighted by atomic mass is 9.48. The Morgan fingerprint density at radius 3 is 2.46 bits per heavy atom. The number of ether oxygens (including phenoxy) is 1. The third-order valence-electron chi connectivity index (χ3n) is 6.83. The zero-order valence-electron chi connectivity index (χ0n) is 16.1. The molecule has 4 saturated carbocycles. The van der Waals surface area contributed by atoms with Crippen LogP contribution in [0.15, 0.2) is 33.9 Å².